The molecule has 0 bridgehead atoms. The molecule has 0 fully saturated rings. The third-order valence-corrected chi connectivity index (χ3v) is 5.14. The van der Waals surface area contributed by atoms with Gasteiger partial charge in [0.25, 0.3) is 0 Å². The Morgan fingerprint density at radius 3 is 2.47 bits per heavy atom. The van der Waals surface area contributed by atoms with Crippen LogP contribution in [0, 0.1) is 12.7 Å². The second-order valence-corrected chi connectivity index (χ2v) is 7.50. The number of methoxy groups -OCH3 is 1. The SMILES string of the molecule is COC(=O)COc1cc(-c2ccc(F)cc2)nc2ccc(NC(=O)Nc3ccccc3C)cc12. The van der Waals surface area contributed by atoms with Crippen molar-refractivity contribution >= 4 is 34.3 Å². The summed E-state index contributed by atoms with van der Waals surface area (Å²) >= 11 is 0. The third-order valence-electron chi connectivity index (χ3n) is 5.14. The Kier molecular flexibility index (Phi) is 6.68. The number of hydrogen-bond donors (Lipinski definition) is 2. The molecule has 0 spiro atoms. The smallest absolute Gasteiger partial charge is 0.343 e. The van der Waals surface area contributed by atoms with Crippen molar-refractivity contribution in [3.63, 3.8) is 0 Å². The van der Waals surface area contributed by atoms with Gasteiger partial charge in [-0.15, -0.1) is 0 Å². The topological polar surface area (TPSA) is 89.6 Å². The molecule has 8 heteroatoms. The molecule has 7 nitrogen and oxygen atoms in total. The van der Waals surface area contributed by atoms with Gasteiger partial charge in [0, 0.05) is 28.4 Å². The van der Waals surface area contributed by atoms with Crippen molar-refractivity contribution in [1.82, 2.24) is 4.98 Å². The number of hydrogen-bond acceptors (Lipinski definition) is 5. The number of halogens is 1. The number of rotatable bonds is 6. The number of benzene rings is 3. The van der Waals surface area contributed by atoms with Crippen molar-refractivity contribution in [2.24, 2.45) is 0 Å². The summed E-state index contributed by atoms with van der Waals surface area (Å²) in [6.45, 7) is 1.60. The molecule has 0 radical (unpaired) electrons. The number of nitrogens with one attached hydrogen (secondary N) is 2. The number of esters is 1. The molecule has 172 valence electrons. The van der Waals surface area contributed by atoms with E-state index in [2.05, 4.69) is 20.4 Å². The Morgan fingerprint density at radius 1 is 0.971 bits per heavy atom. The van der Waals surface area contributed by atoms with E-state index in [0.717, 1.165) is 5.56 Å². The highest BCUT2D eigenvalue weighted by Crippen LogP contribution is 2.32. The zero-order valence-corrected chi connectivity index (χ0v) is 18.6. The average molecular weight is 459 g/mol. The summed E-state index contributed by atoms with van der Waals surface area (Å²) in [5.41, 5.74) is 3.96. The minimum atomic E-state index is -0.541. The van der Waals surface area contributed by atoms with Crippen LogP contribution in [0.3, 0.4) is 0 Å². The van der Waals surface area contributed by atoms with Crippen LogP contribution in [0.15, 0.2) is 72.8 Å². The van der Waals surface area contributed by atoms with Crippen molar-refractivity contribution in [2.45, 2.75) is 6.92 Å². The van der Waals surface area contributed by atoms with Crippen LogP contribution in [0.25, 0.3) is 22.2 Å². The number of amides is 2. The van der Waals surface area contributed by atoms with Gasteiger partial charge in [-0.1, -0.05) is 18.2 Å². The molecule has 1 heterocycles. The van der Waals surface area contributed by atoms with Crippen LogP contribution in [0.2, 0.25) is 0 Å². The maximum atomic E-state index is 13.4. The minimum absolute atomic E-state index is 0.302. The Hall–Kier alpha value is -4.46. The number of carbonyl (C=O) groups excluding carboxylic acids is 2. The van der Waals surface area contributed by atoms with Gasteiger partial charge in [0.15, 0.2) is 6.61 Å². The van der Waals surface area contributed by atoms with Crippen LogP contribution in [0.5, 0.6) is 5.75 Å². The first-order chi connectivity index (χ1) is 16.4. The highest BCUT2D eigenvalue weighted by atomic mass is 19.1. The number of anilines is 2. The van der Waals surface area contributed by atoms with Crippen molar-refractivity contribution in [3.8, 4) is 17.0 Å². The van der Waals surface area contributed by atoms with E-state index < -0.39 is 12.0 Å². The maximum absolute atomic E-state index is 13.4. The highest BCUT2D eigenvalue weighted by molar-refractivity contribution is 6.02. The molecule has 0 saturated heterocycles. The normalized spacial score (nSPS) is 10.6. The molecule has 4 rings (SSSR count). The number of aromatic nitrogens is 1. The lowest BCUT2D eigenvalue weighted by Crippen LogP contribution is -2.19. The summed E-state index contributed by atoms with van der Waals surface area (Å²) in [5.74, 6) is -0.524. The molecule has 2 amide bonds. The third kappa shape index (κ3) is 5.29. The van der Waals surface area contributed by atoms with Crippen LogP contribution < -0.4 is 15.4 Å². The molecule has 34 heavy (non-hydrogen) atoms. The lowest BCUT2D eigenvalue weighted by Gasteiger charge is -2.13. The van der Waals surface area contributed by atoms with Gasteiger partial charge in [-0.2, -0.15) is 0 Å². The molecular formula is C26H22FN3O4. The average Bonchev–Trinajstić information content (AvgIpc) is 2.84. The van der Waals surface area contributed by atoms with Gasteiger partial charge in [-0.25, -0.2) is 19.0 Å². The summed E-state index contributed by atoms with van der Waals surface area (Å²) < 4.78 is 23.7. The fourth-order valence-corrected chi connectivity index (χ4v) is 3.35. The quantitative estimate of drug-likeness (QED) is 0.369. The van der Waals surface area contributed by atoms with E-state index in [0.29, 0.717) is 39.3 Å². The lowest BCUT2D eigenvalue weighted by atomic mass is 10.1. The Balaban J connectivity index is 1.66. The molecule has 1 aromatic heterocycles. The van der Waals surface area contributed by atoms with Crippen LogP contribution in [0.1, 0.15) is 5.56 Å². The molecule has 0 aliphatic rings. The molecule has 0 aliphatic heterocycles. The number of urea groups is 1. The van der Waals surface area contributed by atoms with Crippen molar-refractivity contribution in [1.29, 1.82) is 0 Å². The number of carbonyl (C=O) groups is 2. The molecule has 4 aromatic rings. The maximum Gasteiger partial charge on any atom is 0.343 e. The summed E-state index contributed by atoms with van der Waals surface area (Å²) in [7, 11) is 1.27. The predicted octanol–water partition coefficient (Wildman–Crippen LogP) is 5.55. The van der Waals surface area contributed by atoms with E-state index in [1.807, 2.05) is 31.2 Å². The van der Waals surface area contributed by atoms with Gasteiger partial charge in [0.1, 0.15) is 11.6 Å². The Bertz CT molecular complexity index is 1360. The van der Waals surface area contributed by atoms with Gasteiger partial charge in [0.05, 0.1) is 18.3 Å². The van der Waals surface area contributed by atoms with Gasteiger partial charge in [-0.05, 0) is 61.0 Å². The summed E-state index contributed by atoms with van der Waals surface area (Å²) in [6, 6.07) is 19.8. The molecule has 0 saturated carbocycles. The monoisotopic (exact) mass is 459 g/mol. The van der Waals surface area contributed by atoms with E-state index in [4.69, 9.17) is 4.74 Å². The first kappa shape index (κ1) is 22.7. The second kappa shape index (κ2) is 9.99. The van der Waals surface area contributed by atoms with Crippen molar-refractivity contribution in [2.75, 3.05) is 24.4 Å². The van der Waals surface area contributed by atoms with Gasteiger partial charge >= 0.3 is 12.0 Å². The first-order valence-corrected chi connectivity index (χ1v) is 10.5. The summed E-state index contributed by atoms with van der Waals surface area (Å²) in [6.07, 6.45) is 0. The van der Waals surface area contributed by atoms with Crippen molar-refractivity contribution in [3.05, 3.63) is 84.2 Å². The van der Waals surface area contributed by atoms with Crippen LogP contribution >= 0.6 is 0 Å². The number of nitrogens with zero attached hydrogens (tertiary/aromatic N) is 1. The van der Waals surface area contributed by atoms with E-state index in [9.17, 15) is 14.0 Å². The molecular weight excluding hydrogens is 437 g/mol. The lowest BCUT2D eigenvalue weighted by molar-refractivity contribution is -0.142. The van der Waals surface area contributed by atoms with Crippen molar-refractivity contribution < 1.29 is 23.5 Å². The van der Waals surface area contributed by atoms with Crippen LogP contribution in [0.4, 0.5) is 20.6 Å². The highest BCUT2D eigenvalue weighted by Gasteiger charge is 2.13. The molecule has 0 unspecified atom stereocenters. The van der Waals surface area contributed by atoms with Crippen LogP contribution in [-0.2, 0) is 9.53 Å². The number of ether oxygens (including phenoxy) is 2. The Labute approximate surface area is 195 Å². The standard InChI is InChI=1S/C26H22FN3O4/c1-16-5-3-4-6-21(16)30-26(32)28-19-11-12-22-20(13-19)24(34-15-25(31)33-2)14-23(29-22)17-7-9-18(27)10-8-17/h3-14H,15H2,1-2H3,(H2,28,30,32). The molecule has 3 aromatic carbocycles. The number of para-hydroxylation sites is 1. The predicted molar refractivity (Wildman–Crippen MR) is 128 cm³/mol. The van der Waals surface area contributed by atoms with E-state index in [1.54, 1.807) is 36.4 Å². The zero-order valence-electron chi connectivity index (χ0n) is 18.6. The number of aryl methyl sites for hydroxylation is 1. The van der Waals surface area contributed by atoms with Gasteiger partial charge in [-0.3, -0.25) is 0 Å². The fraction of sp³-hybridized carbons (Fsp3) is 0.115. The van der Waals surface area contributed by atoms with Gasteiger partial charge in [0.2, 0.25) is 0 Å². The summed E-state index contributed by atoms with van der Waals surface area (Å²) in [4.78, 5) is 28.8. The minimum Gasteiger partial charge on any atom is -0.481 e. The molecule has 0 aliphatic carbocycles. The second-order valence-electron chi connectivity index (χ2n) is 7.50. The van der Waals surface area contributed by atoms with E-state index in [-0.39, 0.29) is 12.4 Å². The first-order valence-electron chi connectivity index (χ1n) is 10.5. The van der Waals surface area contributed by atoms with E-state index in [1.165, 1.54) is 19.2 Å². The number of fused-ring (bicyclic) bond motifs is 1. The fourth-order valence-electron chi connectivity index (χ4n) is 3.35. The van der Waals surface area contributed by atoms with Gasteiger partial charge < -0.3 is 20.1 Å². The largest absolute Gasteiger partial charge is 0.481 e. The molecule has 2 N–H and O–H groups in total. The van der Waals surface area contributed by atoms with Crippen LogP contribution in [-0.4, -0.2) is 30.7 Å². The molecule has 0 atom stereocenters. The Morgan fingerprint density at radius 2 is 1.74 bits per heavy atom. The number of pyridine rings is 1. The zero-order chi connectivity index (χ0) is 24.1. The van der Waals surface area contributed by atoms with E-state index >= 15 is 0 Å². The summed E-state index contributed by atoms with van der Waals surface area (Å²) in [5, 5.41) is 6.20.